The molecule has 0 aliphatic rings. The molecule has 4 heteroatoms. The normalized spacial score (nSPS) is 1.00. The van der Waals surface area contributed by atoms with Crippen LogP contribution < -0.4 is 0 Å². The van der Waals surface area contributed by atoms with E-state index >= 15 is 0 Å². The van der Waals surface area contributed by atoms with Gasteiger partial charge in [-0.05, 0) is 0 Å². The van der Waals surface area contributed by atoms with Crippen molar-refractivity contribution in [3.8, 4) is 0 Å². The van der Waals surface area contributed by atoms with E-state index in [1.807, 2.05) is 0 Å². The minimum atomic E-state index is 0. The minimum absolute atomic E-state index is 0. The van der Waals surface area contributed by atoms with E-state index < -0.39 is 0 Å². The predicted molar refractivity (Wildman–Crippen MR) is 24.9 cm³/mol. The van der Waals surface area contributed by atoms with Crippen molar-refractivity contribution in [2.75, 3.05) is 0 Å². The van der Waals surface area contributed by atoms with Gasteiger partial charge in [0.25, 0.3) is 0 Å². The molecule has 0 heterocycles. The third-order valence-electron chi connectivity index (χ3n) is 0. The van der Waals surface area contributed by atoms with Crippen LogP contribution in [0, 0.1) is 0 Å². The summed E-state index contributed by atoms with van der Waals surface area (Å²) in [7, 11) is 4.22. The summed E-state index contributed by atoms with van der Waals surface area (Å²) in [6, 6.07) is 0. The van der Waals surface area contributed by atoms with Gasteiger partial charge < -0.3 is 0 Å². The van der Waals surface area contributed by atoms with Gasteiger partial charge in [-0.3, -0.25) is 0 Å². The molecule has 0 aromatic heterocycles. The van der Waals surface area contributed by atoms with Gasteiger partial charge in [0.05, 0.1) is 0 Å². The molecule has 4 heavy (non-hydrogen) atoms. The zero-order chi connectivity index (χ0) is 2.00. The quantitative estimate of drug-likeness (QED) is 0.537. The maximum atomic E-state index is 4.22. The molecule has 0 unspecified atom stereocenters. The number of rotatable bonds is 0. The molecule has 0 aromatic carbocycles. The molecule has 0 saturated heterocycles. The molecule has 10 radical (unpaired) electrons. The Kier molecular flexibility index (Phi) is 86.9. The third kappa shape index (κ3) is 9.08. The summed E-state index contributed by atoms with van der Waals surface area (Å²) >= 11 is 0.889. The minimum Gasteiger partial charge on any atom is 0 e. The van der Waals surface area contributed by atoms with Crippen molar-refractivity contribution in [1.29, 1.82) is 0 Å². The molecule has 0 amide bonds. The van der Waals surface area contributed by atoms with Gasteiger partial charge >= 0.3 is 32.3 Å². The molecule has 0 rings (SSSR count). The molecule has 0 nitrogen and oxygen atoms in total. The molecule has 0 aliphatic heterocycles. The predicted octanol–water partition coefficient (Wildman–Crippen LogP) is -0.494. The van der Waals surface area contributed by atoms with Gasteiger partial charge in [0.2, 0.25) is 0 Å². The second-order valence-electron chi connectivity index (χ2n) is 0. The summed E-state index contributed by atoms with van der Waals surface area (Å²) in [5.74, 6) is 0. The number of hydrogen-bond donors (Lipinski definition) is 0. The fourth-order valence-electron chi connectivity index (χ4n) is 0. The summed E-state index contributed by atoms with van der Waals surface area (Å²) in [6.45, 7) is 0. The van der Waals surface area contributed by atoms with Crippen molar-refractivity contribution in [3.05, 3.63) is 0 Å². The van der Waals surface area contributed by atoms with Crippen LogP contribution in [0.5, 0.6) is 0 Å². The standard InChI is InChI=1S/Ge.Pb.S.Si. The van der Waals surface area contributed by atoms with Gasteiger partial charge in [-0.2, -0.15) is 0 Å². The molecule has 0 spiro atoms. The fraction of sp³-hybridized carbons (Fsp3) is 0. The molecule has 0 bridgehead atoms. The maximum Gasteiger partial charge on any atom is 0 e. The molecular weight excluding hydrogens is 340 g/mol. The zero-order valence-electron chi connectivity index (χ0n) is 1.91. The van der Waals surface area contributed by atoms with E-state index in [0.717, 1.165) is 23.7 Å². The van der Waals surface area contributed by atoms with Crippen LogP contribution in [0.4, 0.5) is 0 Å². The zero-order valence-corrected chi connectivity index (χ0v) is 9.71. The summed E-state index contributed by atoms with van der Waals surface area (Å²) in [5.41, 5.74) is 0. The van der Waals surface area contributed by atoms with Crippen LogP contribution in [0.2, 0.25) is 0 Å². The van der Waals surface area contributed by atoms with Crippen LogP contribution >= 0.6 is 8.65 Å². The summed E-state index contributed by atoms with van der Waals surface area (Å²) in [6.07, 6.45) is 0. The Bertz CT molecular complexity index is 8.00. The van der Waals surface area contributed by atoms with Gasteiger partial charge in [0.15, 0.2) is 0 Å². The van der Waals surface area contributed by atoms with Gasteiger partial charge in [0, 0.05) is 28.6 Å². The van der Waals surface area contributed by atoms with Crippen molar-refractivity contribution in [2.24, 2.45) is 0 Å². The molecule has 18 valence electrons. The second kappa shape index (κ2) is 20.6. The first kappa shape index (κ1) is 16.8. The topological polar surface area (TPSA) is 0 Å². The Morgan fingerprint density at radius 3 is 1.25 bits per heavy atom. The molecule has 0 fully saturated rings. The molecule has 0 N–H and O–H groups in total. The summed E-state index contributed by atoms with van der Waals surface area (Å²) in [4.78, 5) is 0. The van der Waals surface area contributed by atoms with Crippen molar-refractivity contribution in [3.63, 3.8) is 0 Å². The van der Waals surface area contributed by atoms with Crippen LogP contribution in [0.1, 0.15) is 0 Å². The first-order chi connectivity index (χ1) is 1.00. The maximum absolute atomic E-state index is 4.22. The second-order valence-corrected chi connectivity index (χ2v) is 0. The van der Waals surface area contributed by atoms with Crippen LogP contribution in [0.25, 0.3) is 0 Å². The number of hydrogen-bond acceptors (Lipinski definition) is 1. The first-order valence-electron chi connectivity index (χ1n) is 0.204. The van der Waals surface area contributed by atoms with Gasteiger partial charge in [0.1, 0.15) is 0 Å². The van der Waals surface area contributed by atoms with Crippen LogP contribution in [0.15, 0.2) is 0 Å². The molecule has 0 aliphatic carbocycles. The van der Waals surface area contributed by atoms with Gasteiger partial charge in [-0.15, -0.1) is 0 Å². The van der Waals surface area contributed by atoms with Crippen molar-refractivity contribution in [1.82, 2.24) is 0 Å². The summed E-state index contributed by atoms with van der Waals surface area (Å²) in [5, 5.41) is 0. The van der Waals surface area contributed by atoms with Gasteiger partial charge in [-0.25, -0.2) is 0 Å². The summed E-state index contributed by atoms with van der Waals surface area (Å²) < 4.78 is 0. The Balaban J connectivity index is -0.00000000500. The molecular formula is GePbSSi. The van der Waals surface area contributed by atoms with Crippen molar-refractivity contribution in [2.45, 2.75) is 0 Å². The van der Waals surface area contributed by atoms with Crippen LogP contribution in [-0.2, 0) is 0 Å². The average Bonchev–Trinajstić information content (AvgIpc) is 1.00. The van der Waals surface area contributed by atoms with E-state index in [4.69, 9.17) is 0 Å². The average molecular weight is 340 g/mol. The van der Waals surface area contributed by atoms with E-state index in [9.17, 15) is 0 Å². The van der Waals surface area contributed by atoms with Gasteiger partial charge in [-0.1, -0.05) is 0 Å². The first-order valence-corrected chi connectivity index (χ1v) is 5.37. The van der Waals surface area contributed by atoms with Crippen molar-refractivity contribution < 1.29 is 0 Å². The van der Waals surface area contributed by atoms with Crippen LogP contribution in [0.3, 0.4) is 0 Å². The Morgan fingerprint density at radius 1 is 1.25 bits per heavy atom. The fourth-order valence-corrected chi connectivity index (χ4v) is 0. The smallest absolute Gasteiger partial charge is 0 e. The largest absolute Gasteiger partial charge is 0 e. The molecule has 0 saturated carbocycles. The molecule has 0 aromatic rings. The van der Waals surface area contributed by atoms with E-state index in [-0.39, 0.29) is 28.6 Å². The van der Waals surface area contributed by atoms with Crippen LogP contribution in [-0.4, -0.2) is 52.2 Å². The van der Waals surface area contributed by atoms with E-state index in [1.165, 1.54) is 0 Å². The molecule has 0 atom stereocenters. The third-order valence-corrected chi connectivity index (χ3v) is 0. The monoisotopic (exact) mass is 342 g/mol. The van der Waals surface area contributed by atoms with E-state index in [2.05, 4.69) is 8.65 Å². The Morgan fingerprint density at radius 2 is 1.25 bits per heavy atom. The SMILES string of the molecule is [Ge].[S]=[Pb].[Si]. The van der Waals surface area contributed by atoms with E-state index in [0.29, 0.717) is 0 Å². The van der Waals surface area contributed by atoms with E-state index in [1.54, 1.807) is 0 Å². The van der Waals surface area contributed by atoms with Crippen molar-refractivity contribution >= 4 is 60.9 Å². The Hall–Kier alpha value is 1.90. The Labute approximate surface area is 60.3 Å².